The molecule has 0 radical (unpaired) electrons. The van der Waals surface area contributed by atoms with Crippen molar-refractivity contribution >= 4 is 23.4 Å². The van der Waals surface area contributed by atoms with Gasteiger partial charge in [-0.05, 0) is 36.8 Å². The second-order valence-electron chi connectivity index (χ2n) is 8.16. The summed E-state index contributed by atoms with van der Waals surface area (Å²) in [6.07, 6.45) is -0.0690. The predicted molar refractivity (Wildman–Crippen MR) is 115 cm³/mol. The third kappa shape index (κ3) is 4.68. The predicted octanol–water partition coefficient (Wildman–Crippen LogP) is 3.07. The van der Waals surface area contributed by atoms with Gasteiger partial charge in [-0.15, -0.1) is 0 Å². The Bertz CT molecular complexity index is 1020. The average Bonchev–Trinajstić information content (AvgIpc) is 2.98. The van der Waals surface area contributed by atoms with Crippen LogP contribution in [0.2, 0.25) is 0 Å². The number of carbonyl (C=O) groups is 3. The molecule has 6 heteroatoms. The molecule has 1 aliphatic heterocycles. The first-order chi connectivity index (χ1) is 14.7. The van der Waals surface area contributed by atoms with Crippen LogP contribution in [0.15, 0.2) is 54.1 Å². The number of aliphatic hydroxyl groups excluding tert-OH is 1. The highest BCUT2D eigenvalue weighted by Crippen LogP contribution is 2.39. The second-order valence-corrected chi connectivity index (χ2v) is 8.16. The fourth-order valence-corrected chi connectivity index (χ4v) is 3.78. The number of carbonyl (C=O) groups excluding carboxylic acids is 3. The highest BCUT2D eigenvalue weighted by molar-refractivity contribution is 6.46. The van der Waals surface area contributed by atoms with Gasteiger partial charge in [0.15, 0.2) is 0 Å². The number of aliphatic hydroxyl groups is 1. The molecule has 162 valence electrons. The number of ketones is 1. The molecule has 0 unspecified atom stereocenters. The monoisotopic (exact) mass is 420 g/mol. The number of hydrogen-bond acceptors (Lipinski definition) is 5. The molecule has 0 spiro atoms. The van der Waals surface area contributed by atoms with Crippen molar-refractivity contribution in [2.75, 3.05) is 6.54 Å². The number of carboxylic acids is 1. The molecule has 1 atom stereocenters. The summed E-state index contributed by atoms with van der Waals surface area (Å²) in [4.78, 5) is 37.9. The minimum Gasteiger partial charge on any atom is -0.550 e. The van der Waals surface area contributed by atoms with Gasteiger partial charge in [-0.1, -0.05) is 67.9 Å². The number of benzene rings is 2. The van der Waals surface area contributed by atoms with Gasteiger partial charge in [0.05, 0.1) is 11.6 Å². The fraction of sp³-hybridized carbons (Fsp3) is 0.320. The molecule has 1 heterocycles. The van der Waals surface area contributed by atoms with Crippen molar-refractivity contribution < 1.29 is 24.6 Å². The highest BCUT2D eigenvalue weighted by Gasteiger charge is 2.45. The molecule has 3 rings (SSSR count). The Kier molecular flexibility index (Phi) is 6.59. The molecule has 2 aromatic carbocycles. The molecule has 31 heavy (non-hydrogen) atoms. The summed E-state index contributed by atoms with van der Waals surface area (Å²) >= 11 is 0. The van der Waals surface area contributed by atoms with Crippen LogP contribution in [0.25, 0.3) is 5.76 Å². The molecular weight excluding hydrogens is 394 g/mol. The number of aryl methyl sites for hydroxylation is 1. The van der Waals surface area contributed by atoms with E-state index in [4.69, 9.17) is 0 Å². The van der Waals surface area contributed by atoms with Crippen molar-refractivity contribution in [2.45, 2.75) is 45.6 Å². The van der Waals surface area contributed by atoms with E-state index in [2.05, 4.69) is 13.8 Å². The van der Waals surface area contributed by atoms with Gasteiger partial charge >= 0.3 is 0 Å². The number of rotatable bonds is 7. The van der Waals surface area contributed by atoms with Crippen molar-refractivity contribution in [2.24, 2.45) is 0 Å². The Morgan fingerprint density at radius 3 is 2.23 bits per heavy atom. The van der Waals surface area contributed by atoms with E-state index in [9.17, 15) is 24.6 Å². The van der Waals surface area contributed by atoms with Crippen LogP contribution in [0.3, 0.4) is 0 Å². The van der Waals surface area contributed by atoms with Crippen LogP contribution in [0.1, 0.15) is 60.9 Å². The van der Waals surface area contributed by atoms with Gasteiger partial charge in [0, 0.05) is 18.1 Å². The maximum Gasteiger partial charge on any atom is 0.295 e. The average molecular weight is 420 g/mol. The van der Waals surface area contributed by atoms with E-state index in [0.717, 1.165) is 11.1 Å². The lowest BCUT2D eigenvalue weighted by molar-refractivity contribution is -0.305. The van der Waals surface area contributed by atoms with Crippen LogP contribution in [-0.4, -0.2) is 34.2 Å². The van der Waals surface area contributed by atoms with Gasteiger partial charge in [0.1, 0.15) is 5.76 Å². The Morgan fingerprint density at radius 1 is 1.06 bits per heavy atom. The lowest BCUT2D eigenvalue weighted by Crippen LogP contribution is -2.32. The molecule has 0 bridgehead atoms. The van der Waals surface area contributed by atoms with E-state index < -0.39 is 23.7 Å². The van der Waals surface area contributed by atoms with E-state index in [1.807, 2.05) is 43.3 Å². The van der Waals surface area contributed by atoms with Crippen LogP contribution in [0, 0.1) is 6.92 Å². The quantitative estimate of drug-likeness (QED) is 0.422. The van der Waals surface area contributed by atoms with Crippen molar-refractivity contribution in [1.29, 1.82) is 0 Å². The summed E-state index contributed by atoms with van der Waals surface area (Å²) in [6.45, 7) is 6.12. The van der Waals surface area contributed by atoms with Crippen LogP contribution >= 0.6 is 0 Å². The SMILES string of the molecule is Cc1ccc(C(O)=C2C(=O)C(=O)N(CCCC(=O)[O-])[C@H]2c2ccc(C(C)C)cc2)cc1. The zero-order chi connectivity index (χ0) is 22.7. The van der Waals surface area contributed by atoms with Gasteiger partial charge in [0.2, 0.25) is 0 Å². The van der Waals surface area contributed by atoms with Gasteiger partial charge in [-0.3, -0.25) is 9.59 Å². The van der Waals surface area contributed by atoms with Crippen LogP contribution in [0.4, 0.5) is 0 Å². The van der Waals surface area contributed by atoms with E-state index in [0.29, 0.717) is 17.0 Å². The molecule has 1 saturated heterocycles. The molecule has 1 aliphatic rings. The van der Waals surface area contributed by atoms with E-state index >= 15 is 0 Å². The maximum absolute atomic E-state index is 12.9. The Labute approximate surface area is 181 Å². The summed E-state index contributed by atoms with van der Waals surface area (Å²) in [5, 5.41) is 21.8. The van der Waals surface area contributed by atoms with Gasteiger partial charge < -0.3 is 19.9 Å². The number of likely N-dealkylation sites (tertiary alicyclic amines) is 1. The minimum atomic E-state index is -1.21. The molecule has 6 nitrogen and oxygen atoms in total. The van der Waals surface area contributed by atoms with Crippen LogP contribution in [0.5, 0.6) is 0 Å². The molecule has 1 N–H and O–H groups in total. The summed E-state index contributed by atoms with van der Waals surface area (Å²) in [5.41, 5.74) is 3.25. The summed E-state index contributed by atoms with van der Waals surface area (Å²) in [7, 11) is 0. The Morgan fingerprint density at radius 2 is 1.68 bits per heavy atom. The number of aliphatic carboxylic acids is 1. The second kappa shape index (κ2) is 9.16. The minimum absolute atomic E-state index is 0.0135. The molecule has 1 fully saturated rings. The Hall–Kier alpha value is -3.41. The molecule has 0 aliphatic carbocycles. The van der Waals surface area contributed by atoms with E-state index in [1.165, 1.54) is 4.90 Å². The first-order valence-corrected chi connectivity index (χ1v) is 10.4. The lowest BCUT2D eigenvalue weighted by Gasteiger charge is -2.25. The number of nitrogens with zero attached hydrogens (tertiary/aromatic N) is 1. The fourth-order valence-electron chi connectivity index (χ4n) is 3.78. The van der Waals surface area contributed by atoms with Gasteiger partial charge in [0.25, 0.3) is 11.7 Å². The zero-order valence-electron chi connectivity index (χ0n) is 17.9. The smallest absolute Gasteiger partial charge is 0.295 e. The zero-order valence-corrected chi connectivity index (χ0v) is 17.9. The van der Waals surface area contributed by atoms with Crippen molar-refractivity contribution in [3.05, 3.63) is 76.4 Å². The van der Waals surface area contributed by atoms with Crippen molar-refractivity contribution in [1.82, 2.24) is 4.90 Å². The summed E-state index contributed by atoms with van der Waals surface area (Å²) in [6, 6.07) is 13.8. The Balaban J connectivity index is 2.09. The van der Waals surface area contributed by atoms with Crippen LogP contribution in [-0.2, 0) is 14.4 Å². The summed E-state index contributed by atoms with van der Waals surface area (Å²) < 4.78 is 0. The molecular formula is C25H26NO5-. The molecule has 1 amide bonds. The number of hydrogen-bond donors (Lipinski definition) is 1. The van der Waals surface area contributed by atoms with Gasteiger partial charge in [-0.2, -0.15) is 0 Å². The molecule has 0 saturated carbocycles. The lowest BCUT2D eigenvalue weighted by atomic mass is 9.93. The van der Waals surface area contributed by atoms with E-state index in [-0.39, 0.29) is 30.7 Å². The van der Waals surface area contributed by atoms with Crippen molar-refractivity contribution in [3.63, 3.8) is 0 Å². The third-order valence-electron chi connectivity index (χ3n) is 5.56. The normalized spacial score (nSPS) is 18.1. The number of carboxylic acid groups (broad SMARTS) is 1. The topological polar surface area (TPSA) is 97.7 Å². The molecule has 0 aromatic heterocycles. The maximum atomic E-state index is 12.9. The first kappa shape index (κ1) is 22.3. The van der Waals surface area contributed by atoms with Crippen LogP contribution < -0.4 is 5.11 Å². The third-order valence-corrected chi connectivity index (χ3v) is 5.56. The first-order valence-electron chi connectivity index (χ1n) is 10.4. The van der Waals surface area contributed by atoms with E-state index in [1.54, 1.807) is 12.1 Å². The number of amides is 1. The largest absolute Gasteiger partial charge is 0.550 e. The van der Waals surface area contributed by atoms with Gasteiger partial charge in [-0.25, -0.2) is 0 Å². The summed E-state index contributed by atoms with van der Waals surface area (Å²) in [5.74, 6) is -2.65. The molecule has 2 aromatic rings. The highest BCUT2D eigenvalue weighted by atomic mass is 16.4. The van der Waals surface area contributed by atoms with Crippen molar-refractivity contribution in [3.8, 4) is 0 Å². The number of Topliss-reactive ketones (excluding diaryl/α,β-unsaturated/α-hetero) is 1. The standard InChI is InChI=1S/C25H27NO5/c1-15(2)17-10-12-18(13-11-17)22-21(23(29)19-8-6-16(3)7-9-19)24(30)25(31)26(22)14-4-5-20(27)28/h6-13,15,22,29H,4-5,14H2,1-3H3,(H,27,28)/p-1/t22-/m0/s1.